The first-order chi connectivity index (χ1) is 15.3. The van der Waals surface area contributed by atoms with Crippen LogP contribution in [0.3, 0.4) is 0 Å². The van der Waals surface area contributed by atoms with Crippen LogP contribution in [0.5, 0.6) is 0 Å². The molecule has 0 aliphatic heterocycles. The van der Waals surface area contributed by atoms with Crippen molar-refractivity contribution in [1.82, 2.24) is 4.98 Å². The standard InChI is InChI=1S/C25H19F6NS/c1-22(2,3)12-13-8-9-16-18-19-17(33-21(13)18)10-11-32-20(19)14-6-4-5-7-15(14)23(16,24(26,27)28)25(29,30)31/h4-11H,12H2,1-3H3. The molecule has 5 rings (SSSR count). The Morgan fingerprint density at radius 2 is 1.48 bits per heavy atom. The molecule has 0 atom stereocenters. The number of hydrogen-bond donors (Lipinski definition) is 0. The van der Waals surface area contributed by atoms with Crippen molar-refractivity contribution >= 4 is 31.5 Å². The van der Waals surface area contributed by atoms with Crippen LogP contribution in [0.4, 0.5) is 26.3 Å². The van der Waals surface area contributed by atoms with E-state index in [4.69, 9.17) is 0 Å². The van der Waals surface area contributed by atoms with E-state index >= 15 is 0 Å². The van der Waals surface area contributed by atoms with E-state index in [0.717, 1.165) is 17.7 Å². The van der Waals surface area contributed by atoms with Crippen molar-refractivity contribution < 1.29 is 26.3 Å². The number of nitrogens with zero attached hydrogens (tertiary/aromatic N) is 1. The van der Waals surface area contributed by atoms with E-state index in [9.17, 15) is 26.3 Å². The smallest absolute Gasteiger partial charge is 0.255 e. The molecule has 1 aliphatic carbocycles. The predicted molar refractivity (Wildman–Crippen MR) is 119 cm³/mol. The number of aromatic nitrogens is 1. The third kappa shape index (κ3) is 2.95. The van der Waals surface area contributed by atoms with E-state index < -0.39 is 28.9 Å². The lowest BCUT2D eigenvalue weighted by Crippen LogP contribution is -2.55. The summed E-state index contributed by atoms with van der Waals surface area (Å²) in [6.45, 7) is 5.95. The Bertz CT molecular complexity index is 1390. The molecule has 0 spiro atoms. The fraction of sp³-hybridized carbons (Fsp3) is 0.320. The van der Waals surface area contributed by atoms with E-state index in [1.165, 1.54) is 41.8 Å². The highest BCUT2D eigenvalue weighted by atomic mass is 32.1. The maximum absolute atomic E-state index is 14.8. The Balaban J connectivity index is 2.08. The third-order valence-electron chi connectivity index (χ3n) is 6.18. The topological polar surface area (TPSA) is 12.9 Å². The van der Waals surface area contributed by atoms with Gasteiger partial charge in [-0.3, -0.25) is 4.98 Å². The number of alkyl halides is 6. The zero-order valence-corrected chi connectivity index (χ0v) is 18.8. The Hall–Kier alpha value is -2.61. The van der Waals surface area contributed by atoms with Crippen molar-refractivity contribution in [2.75, 3.05) is 0 Å². The summed E-state index contributed by atoms with van der Waals surface area (Å²) >= 11 is 1.23. The molecule has 4 aromatic rings. The van der Waals surface area contributed by atoms with Gasteiger partial charge < -0.3 is 0 Å². The van der Waals surface area contributed by atoms with Crippen LogP contribution in [-0.2, 0) is 11.8 Å². The average Bonchev–Trinajstić information content (AvgIpc) is 3.02. The molecule has 2 heterocycles. The minimum atomic E-state index is -5.63. The summed E-state index contributed by atoms with van der Waals surface area (Å²) in [7, 11) is 0. The first kappa shape index (κ1) is 22.2. The number of thiophene rings is 1. The Labute approximate surface area is 190 Å². The van der Waals surface area contributed by atoms with Crippen LogP contribution in [-0.4, -0.2) is 17.3 Å². The van der Waals surface area contributed by atoms with Crippen molar-refractivity contribution in [3.63, 3.8) is 0 Å². The van der Waals surface area contributed by atoms with Gasteiger partial charge >= 0.3 is 12.4 Å². The first-order valence-electron chi connectivity index (χ1n) is 10.3. The van der Waals surface area contributed by atoms with E-state index in [1.807, 2.05) is 20.8 Å². The van der Waals surface area contributed by atoms with Crippen LogP contribution in [0.2, 0.25) is 0 Å². The molecular formula is C25H19F6NS. The number of halogens is 6. The van der Waals surface area contributed by atoms with Gasteiger partial charge in [-0.1, -0.05) is 57.2 Å². The van der Waals surface area contributed by atoms with Gasteiger partial charge in [0.25, 0.3) is 0 Å². The molecule has 1 nitrogen and oxygen atoms in total. The van der Waals surface area contributed by atoms with Gasteiger partial charge in [0.05, 0.1) is 5.69 Å². The minimum Gasteiger partial charge on any atom is -0.255 e. The van der Waals surface area contributed by atoms with Crippen molar-refractivity contribution in [2.45, 2.75) is 45.0 Å². The monoisotopic (exact) mass is 479 g/mol. The van der Waals surface area contributed by atoms with E-state index in [2.05, 4.69) is 4.98 Å². The van der Waals surface area contributed by atoms with Crippen molar-refractivity contribution in [3.05, 3.63) is 65.4 Å². The van der Waals surface area contributed by atoms with Crippen molar-refractivity contribution in [1.29, 1.82) is 0 Å². The molecule has 8 heteroatoms. The normalized spacial score (nSPS) is 15.8. The van der Waals surface area contributed by atoms with E-state index in [1.54, 1.807) is 6.07 Å². The van der Waals surface area contributed by atoms with Crippen LogP contribution in [0.1, 0.15) is 37.5 Å². The highest BCUT2D eigenvalue weighted by molar-refractivity contribution is 7.26. The summed E-state index contributed by atoms with van der Waals surface area (Å²) in [5.74, 6) is 0. The number of pyridine rings is 1. The fourth-order valence-electron chi connectivity index (χ4n) is 5.03. The molecule has 0 amide bonds. The second kappa shape index (κ2) is 6.72. The third-order valence-corrected chi connectivity index (χ3v) is 7.41. The molecule has 0 bridgehead atoms. The van der Waals surface area contributed by atoms with Gasteiger partial charge in [0.1, 0.15) is 0 Å². The second-order valence-electron chi connectivity index (χ2n) is 9.64. The first-order valence-corrected chi connectivity index (χ1v) is 11.2. The molecule has 0 radical (unpaired) electrons. The van der Waals surface area contributed by atoms with Gasteiger partial charge in [0.15, 0.2) is 0 Å². The summed E-state index contributed by atoms with van der Waals surface area (Å²) < 4.78 is 90.0. The van der Waals surface area contributed by atoms with Gasteiger partial charge in [0, 0.05) is 31.9 Å². The maximum atomic E-state index is 14.8. The SMILES string of the molecule is CC(C)(C)Cc1ccc2c3c1sc1ccnc(c13)-c1ccccc1C2(C(F)(F)F)C(F)(F)F. The summed E-state index contributed by atoms with van der Waals surface area (Å²) in [6, 6.07) is 9.03. The number of rotatable bonds is 1. The van der Waals surface area contributed by atoms with Gasteiger partial charge in [-0.2, -0.15) is 26.3 Å². The van der Waals surface area contributed by atoms with E-state index in [0.29, 0.717) is 21.2 Å². The lowest BCUT2D eigenvalue weighted by Gasteiger charge is -2.39. The summed E-state index contributed by atoms with van der Waals surface area (Å²) in [6.07, 6.45) is -9.30. The van der Waals surface area contributed by atoms with E-state index in [-0.39, 0.29) is 22.1 Å². The molecule has 0 N–H and O–H groups in total. The molecule has 172 valence electrons. The Morgan fingerprint density at radius 3 is 2.12 bits per heavy atom. The highest BCUT2D eigenvalue weighted by Crippen LogP contribution is 2.62. The molecule has 2 aromatic heterocycles. The fourth-order valence-corrected chi connectivity index (χ4v) is 6.27. The van der Waals surface area contributed by atoms with Crippen LogP contribution in [0.15, 0.2) is 48.7 Å². The summed E-state index contributed by atoms with van der Waals surface area (Å²) in [5, 5.41) is 0.358. The van der Waals surface area contributed by atoms with Crippen LogP contribution >= 0.6 is 11.3 Å². The molecule has 1 aliphatic rings. The van der Waals surface area contributed by atoms with Crippen molar-refractivity contribution in [3.8, 4) is 11.3 Å². The molecule has 33 heavy (non-hydrogen) atoms. The maximum Gasteiger partial charge on any atom is 0.411 e. The Kier molecular flexibility index (Phi) is 4.52. The molecule has 0 unspecified atom stereocenters. The molecule has 0 saturated carbocycles. The zero-order chi connectivity index (χ0) is 24.0. The minimum absolute atomic E-state index is 0.00528. The largest absolute Gasteiger partial charge is 0.411 e. The van der Waals surface area contributed by atoms with Gasteiger partial charge in [-0.15, -0.1) is 11.3 Å². The quantitative estimate of drug-likeness (QED) is 0.250. The van der Waals surface area contributed by atoms with Crippen LogP contribution in [0, 0.1) is 5.41 Å². The second-order valence-corrected chi connectivity index (χ2v) is 10.7. The lowest BCUT2D eigenvalue weighted by molar-refractivity contribution is -0.288. The number of fused-ring (bicyclic) bond motifs is 2. The zero-order valence-electron chi connectivity index (χ0n) is 17.9. The van der Waals surface area contributed by atoms with Crippen LogP contribution < -0.4 is 0 Å². The molecule has 0 saturated heterocycles. The van der Waals surface area contributed by atoms with Gasteiger partial charge in [-0.05, 0) is 34.6 Å². The van der Waals surface area contributed by atoms with Crippen LogP contribution in [0.25, 0.3) is 31.4 Å². The summed E-state index contributed by atoms with van der Waals surface area (Å²) in [4.78, 5) is 4.30. The predicted octanol–water partition coefficient (Wildman–Crippen LogP) is 8.43. The Morgan fingerprint density at radius 1 is 0.818 bits per heavy atom. The van der Waals surface area contributed by atoms with Crippen molar-refractivity contribution in [2.24, 2.45) is 5.41 Å². The molecule has 2 aromatic carbocycles. The molecule has 0 fully saturated rings. The number of benzene rings is 2. The summed E-state index contributed by atoms with van der Waals surface area (Å²) in [5.41, 5.74) is -5.26. The highest BCUT2D eigenvalue weighted by Gasteiger charge is 2.74. The van der Waals surface area contributed by atoms with Gasteiger partial charge in [-0.25, -0.2) is 0 Å². The molecular weight excluding hydrogens is 460 g/mol. The number of hydrogen-bond acceptors (Lipinski definition) is 2. The van der Waals surface area contributed by atoms with Gasteiger partial charge in [0.2, 0.25) is 5.41 Å². The average molecular weight is 479 g/mol. The lowest BCUT2D eigenvalue weighted by atomic mass is 9.70.